The number of hydrogen-bond donors (Lipinski definition) is 1. The Bertz CT molecular complexity index is 871. The van der Waals surface area contributed by atoms with Gasteiger partial charge in [0.05, 0.1) is 10.9 Å². The molecule has 6 nitrogen and oxygen atoms in total. The van der Waals surface area contributed by atoms with E-state index in [0.29, 0.717) is 10.6 Å². The molecule has 1 amide bonds. The van der Waals surface area contributed by atoms with Crippen LogP contribution in [0.1, 0.15) is 44.3 Å². The Morgan fingerprint density at radius 2 is 1.88 bits per heavy atom. The predicted molar refractivity (Wildman–Crippen MR) is 101 cm³/mol. The van der Waals surface area contributed by atoms with Crippen molar-refractivity contribution >= 4 is 33.3 Å². The van der Waals surface area contributed by atoms with Gasteiger partial charge >= 0.3 is 0 Å². The first-order chi connectivity index (χ1) is 11.5. The molecule has 25 heavy (non-hydrogen) atoms. The number of aromatic nitrogens is 1. The average molecular weight is 382 g/mol. The van der Waals surface area contributed by atoms with Crippen molar-refractivity contribution < 1.29 is 13.2 Å². The number of hydrazone groups is 1. The second-order valence-corrected chi connectivity index (χ2v) is 10.4. The molecular weight excluding hydrogens is 358 g/mol. The summed E-state index contributed by atoms with van der Waals surface area (Å²) in [5.74, 6) is -0.431. The number of carbonyl (C=O) groups excluding carboxylic acids is 1. The van der Waals surface area contributed by atoms with E-state index >= 15 is 0 Å². The van der Waals surface area contributed by atoms with Crippen molar-refractivity contribution in [2.75, 3.05) is 0 Å². The molecule has 0 unspecified atom stereocenters. The minimum Gasteiger partial charge on any atom is -0.321 e. The summed E-state index contributed by atoms with van der Waals surface area (Å²) in [6, 6.07) is 3.56. The molecule has 0 aliphatic carbocycles. The van der Waals surface area contributed by atoms with Crippen LogP contribution >= 0.6 is 11.3 Å². The fourth-order valence-corrected chi connectivity index (χ4v) is 4.56. The maximum atomic E-state index is 12.7. The van der Waals surface area contributed by atoms with Crippen LogP contribution in [0.5, 0.6) is 0 Å². The number of amides is 1. The quantitative estimate of drug-likeness (QED) is 0.636. The van der Waals surface area contributed by atoms with E-state index in [2.05, 4.69) is 10.5 Å². The van der Waals surface area contributed by atoms with Crippen LogP contribution in [0.2, 0.25) is 0 Å². The fraction of sp³-hybridized carbons (Fsp3) is 0.412. The zero-order chi connectivity index (χ0) is 18.8. The number of nitrogens with one attached hydrogen (secondary N) is 1. The Kier molecular flexibility index (Phi) is 5.53. The number of thiophene rings is 1. The summed E-state index contributed by atoms with van der Waals surface area (Å²) in [5.41, 5.74) is 2.68. The van der Waals surface area contributed by atoms with E-state index in [9.17, 15) is 13.2 Å². The molecule has 0 aliphatic heterocycles. The Morgan fingerprint density at radius 1 is 1.28 bits per heavy atom. The lowest BCUT2D eigenvalue weighted by molar-refractivity contribution is 0.0958. The number of hydrogen-bond acceptors (Lipinski definition) is 5. The van der Waals surface area contributed by atoms with Gasteiger partial charge in [-0.15, -0.1) is 11.3 Å². The third-order valence-corrected chi connectivity index (χ3v) is 6.63. The number of nitrogens with zero attached hydrogens (tertiary/aromatic N) is 2. The maximum Gasteiger partial charge on any atom is 0.283 e. The van der Waals surface area contributed by atoms with Gasteiger partial charge < -0.3 is 4.57 Å². The van der Waals surface area contributed by atoms with E-state index in [1.807, 2.05) is 20.8 Å². The van der Waals surface area contributed by atoms with Crippen LogP contribution in [0, 0.1) is 5.41 Å². The SMILES string of the molecule is CC(C)S(=O)(=O)c1csc(C(=O)N/N=C\C(C)(C)C)c1-n1cccc1. The van der Waals surface area contributed by atoms with E-state index in [1.54, 1.807) is 49.2 Å². The zero-order valence-electron chi connectivity index (χ0n) is 15.0. The van der Waals surface area contributed by atoms with Crippen molar-refractivity contribution in [3.8, 4) is 5.69 Å². The maximum absolute atomic E-state index is 12.7. The van der Waals surface area contributed by atoms with Gasteiger partial charge in [-0.3, -0.25) is 4.79 Å². The monoisotopic (exact) mass is 381 g/mol. The van der Waals surface area contributed by atoms with Gasteiger partial charge in [-0.2, -0.15) is 5.10 Å². The van der Waals surface area contributed by atoms with E-state index in [1.165, 1.54) is 5.38 Å². The average Bonchev–Trinajstić information content (AvgIpc) is 3.14. The van der Waals surface area contributed by atoms with Gasteiger partial charge in [0.25, 0.3) is 5.91 Å². The smallest absolute Gasteiger partial charge is 0.283 e. The molecule has 2 aromatic heterocycles. The Labute approximate surface area is 152 Å². The van der Waals surface area contributed by atoms with E-state index in [4.69, 9.17) is 0 Å². The number of carbonyl (C=O) groups is 1. The molecule has 136 valence electrons. The molecule has 0 radical (unpaired) electrons. The highest BCUT2D eigenvalue weighted by atomic mass is 32.2. The first kappa shape index (κ1) is 19.4. The zero-order valence-corrected chi connectivity index (χ0v) is 16.6. The molecule has 0 aliphatic rings. The lowest BCUT2D eigenvalue weighted by Crippen LogP contribution is -2.21. The molecule has 2 heterocycles. The van der Waals surface area contributed by atoms with Crippen LogP contribution in [0.3, 0.4) is 0 Å². The standard InChI is InChI=1S/C17H23N3O3S2/c1-12(2)25(22,23)13-10-24-15(14(13)20-8-6-7-9-20)16(21)19-18-11-17(3,4)5/h6-12H,1-5H3,(H,19,21)/b18-11-. The summed E-state index contributed by atoms with van der Waals surface area (Å²) in [4.78, 5) is 13.0. The van der Waals surface area contributed by atoms with Gasteiger partial charge in [0.15, 0.2) is 9.84 Å². The lowest BCUT2D eigenvalue weighted by Gasteiger charge is -2.12. The normalized spacial score (nSPS) is 12.9. The summed E-state index contributed by atoms with van der Waals surface area (Å²) < 4.78 is 27.0. The van der Waals surface area contributed by atoms with Crippen molar-refractivity contribution in [2.24, 2.45) is 10.5 Å². The molecule has 2 aromatic rings. The highest BCUT2D eigenvalue weighted by Crippen LogP contribution is 2.32. The van der Waals surface area contributed by atoms with Crippen molar-refractivity contribution in [2.45, 2.75) is 44.8 Å². The first-order valence-electron chi connectivity index (χ1n) is 7.87. The fourth-order valence-electron chi connectivity index (χ4n) is 2.02. The Morgan fingerprint density at radius 3 is 2.40 bits per heavy atom. The molecule has 8 heteroatoms. The third-order valence-electron chi connectivity index (χ3n) is 3.35. The molecule has 0 spiro atoms. The van der Waals surface area contributed by atoms with Gasteiger partial charge in [0.2, 0.25) is 0 Å². The molecule has 0 atom stereocenters. The summed E-state index contributed by atoms with van der Waals surface area (Å²) in [7, 11) is -3.52. The van der Waals surface area contributed by atoms with Gasteiger partial charge in [-0.05, 0) is 31.4 Å². The second kappa shape index (κ2) is 7.13. The van der Waals surface area contributed by atoms with Gasteiger partial charge in [0, 0.05) is 24.0 Å². The topological polar surface area (TPSA) is 80.5 Å². The first-order valence-corrected chi connectivity index (χ1v) is 10.3. The summed E-state index contributed by atoms with van der Waals surface area (Å²) in [5, 5.41) is 4.91. The predicted octanol–water partition coefficient (Wildman–Crippen LogP) is 3.48. The molecule has 2 rings (SSSR count). The van der Waals surface area contributed by atoms with Gasteiger partial charge in [-0.25, -0.2) is 13.8 Å². The molecule has 0 fully saturated rings. The molecule has 0 saturated heterocycles. The van der Waals surface area contributed by atoms with E-state index in [0.717, 1.165) is 11.3 Å². The molecule has 0 bridgehead atoms. The van der Waals surface area contributed by atoms with Crippen LogP contribution in [0.25, 0.3) is 5.69 Å². The third kappa shape index (κ3) is 4.38. The molecular formula is C17H23N3O3S2. The summed E-state index contributed by atoms with van der Waals surface area (Å²) >= 11 is 1.10. The second-order valence-electron chi connectivity index (χ2n) is 7.03. The van der Waals surface area contributed by atoms with Gasteiger partial charge in [0.1, 0.15) is 9.77 Å². The van der Waals surface area contributed by atoms with Crippen LogP contribution in [0.15, 0.2) is 39.9 Å². The number of sulfone groups is 1. The molecule has 1 N–H and O–H groups in total. The van der Waals surface area contributed by atoms with Crippen LogP contribution in [-0.4, -0.2) is 30.4 Å². The van der Waals surface area contributed by atoms with E-state index in [-0.39, 0.29) is 10.3 Å². The Hall–Kier alpha value is -1.93. The van der Waals surface area contributed by atoms with Crippen LogP contribution < -0.4 is 5.43 Å². The summed E-state index contributed by atoms with van der Waals surface area (Å²) in [6.45, 7) is 9.14. The van der Waals surface area contributed by atoms with Crippen molar-refractivity contribution in [3.63, 3.8) is 0 Å². The lowest BCUT2D eigenvalue weighted by atomic mass is 9.99. The highest BCUT2D eigenvalue weighted by molar-refractivity contribution is 7.92. The minimum absolute atomic E-state index is 0.161. The van der Waals surface area contributed by atoms with Crippen molar-refractivity contribution in [1.29, 1.82) is 0 Å². The largest absolute Gasteiger partial charge is 0.321 e. The van der Waals surface area contributed by atoms with Crippen molar-refractivity contribution in [3.05, 3.63) is 34.8 Å². The molecule has 0 aromatic carbocycles. The van der Waals surface area contributed by atoms with Crippen LogP contribution in [-0.2, 0) is 9.84 Å². The Balaban J connectivity index is 2.48. The molecule has 0 saturated carbocycles. The minimum atomic E-state index is -3.52. The van der Waals surface area contributed by atoms with E-state index < -0.39 is 21.0 Å². The van der Waals surface area contributed by atoms with Crippen molar-refractivity contribution in [1.82, 2.24) is 9.99 Å². The highest BCUT2D eigenvalue weighted by Gasteiger charge is 2.29. The van der Waals surface area contributed by atoms with Gasteiger partial charge in [-0.1, -0.05) is 20.8 Å². The summed E-state index contributed by atoms with van der Waals surface area (Å²) in [6.07, 6.45) is 5.08. The van der Waals surface area contributed by atoms with Crippen LogP contribution in [0.4, 0.5) is 0 Å². The number of rotatable bonds is 5.